The van der Waals surface area contributed by atoms with Gasteiger partial charge >= 0.3 is 6.18 Å². The topological polar surface area (TPSA) is 38.1 Å². The minimum absolute atomic E-state index is 0.0812. The number of carbonyl (C=O) groups excluding carboxylic acids is 1. The lowest BCUT2D eigenvalue weighted by Gasteiger charge is -2.39. The average molecular weight is 343 g/mol. The molecule has 7 heteroatoms. The number of hydrogen-bond acceptors (Lipinski definition) is 2. The normalized spacial score (nSPS) is 28.8. The summed E-state index contributed by atoms with van der Waals surface area (Å²) in [7, 11) is 0. The zero-order valence-corrected chi connectivity index (χ0v) is 13.9. The quantitative estimate of drug-likeness (QED) is 0.821. The first-order valence-corrected chi connectivity index (χ1v) is 8.73. The molecule has 24 heavy (non-hydrogen) atoms. The summed E-state index contributed by atoms with van der Waals surface area (Å²) in [5, 5.41) is 0. The van der Waals surface area contributed by atoms with Crippen LogP contribution in [0.2, 0.25) is 0 Å². The highest BCUT2D eigenvalue weighted by atomic mass is 19.4. The lowest BCUT2D eigenvalue weighted by atomic mass is 9.77. The van der Waals surface area contributed by atoms with E-state index in [0.29, 0.717) is 32.4 Å². The third-order valence-electron chi connectivity index (χ3n) is 5.47. The van der Waals surface area contributed by atoms with E-state index >= 15 is 0 Å². The Morgan fingerprint density at radius 1 is 1.21 bits per heavy atom. The molecule has 1 aliphatic carbocycles. The van der Waals surface area contributed by atoms with Crippen LogP contribution in [0.3, 0.4) is 0 Å². The second-order valence-corrected chi connectivity index (χ2v) is 7.00. The molecule has 1 saturated heterocycles. The molecule has 4 nitrogen and oxygen atoms in total. The minimum Gasteiger partial charge on any atom is -0.340 e. The summed E-state index contributed by atoms with van der Waals surface area (Å²) in [5.41, 5.74) is 0. The molecule has 0 radical (unpaired) electrons. The van der Waals surface area contributed by atoms with E-state index in [-0.39, 0.29) is 18.4 Å². The van der Waals surface area contributed by atoms with Crippen molar-refractivity contribution < 1.29 is 18.0 Å². The van der Waals surface area contributed by atoms with E-state index in [9.17, 15) is 18.0 Å². The average Bonchev–Trinajstić information content (AvgIpc) is 2.99. The Hall–Kier alpha value is -1.53. The van der Waals surface area contributed by atoms with Crippen molar-refractivity contribution in [2.24, 2.45) is 11.8 Å². The Morgan fingerprint density at radius 3 is 2.62 bits per heavy atom. The lowest BCUT2D eigenvalue weighted by molar-refractivity contribution is -0.201. The fraction of sp³-hybridized carbons (Fsp3) is 0.765. The van der Waals surface area contributed by atoms with Gasteiger partial charge in [-0.15, -0.1) is 0 Å². The van der Waals surface area contributed by atoms with Crippen LogP contribution in [0.5, 0.6) is 0 Å². The van der Waals surface area contributed by atoms with Gasteiger partial charge in [0.1, 0.15) is 5.82 Å². The Bertz CT molecular complexity index is 584. The maximum atomic E-state index is 13.3. The van der Waals surface area contributed by atoms with Gasteiger partial charge in [0, 0.05) is 31.4 Å². The molecule has 1 aromatic rings. The Morgan fingerprint density at radius 2 is 1.96 bits per heavy atom. The Balaban J connectivity index is 1.73. The van der Waals surface area contributed by atoms with E-state index in [1.54, 1.807) is 11.1 Å². The molecule has 0 spiro atoms. The van der Waals surface area contributed by atoms with E-state index in [0.717, 1.165) is 18.7 Å². The van der Waals surface area contributed by atoms with E-state index in [4.69, 9.17) is 0 Å². The van der Waals surface area contributed by atoms with E-state index < -0.39 is 18.0 Å². The summed E-state index contributed by atoms with van der Waals surface area (Å²) in [4.78, 5) is 18.7. The van der Waals surface area contributed by atoms with Gasteiger partial charge in [-0.2, -0.15) is 13.2 Å². The summed E-state index contributed by atoms with van der Waals surface area (Å²) in [6, 6.07) is 0.109. The van der Waals surface area contributed by atoms with Gasteiger partial charge in [0.05, 0.1) is 12.0 Å². The molecule has 3 atom stereocenters. The predicted octanol–water partition coefficient (Wildman–Crippen LogP) is 3.72. The predicted molar refractivity (Wildman–Crippen MR) is 83.3 cm³/mol. The number of aryl methyl sites for hydroxylation is 1. The first kappa shape index (κ1) is 17.3. The lowest BCUT2D eigenvalue weighted by Crippen LogP contribution is -2.48. The van der Waals surface area contributed by atoms with Gasteiger partial charge in [-0.25, -0.2) is 4.98 Å². The van der Waals surface area contributed by atoms with Crippen molar-refractivity contribution in [2.45, 2.75) is 57.7 Å². The van der Waals surface area contributed by atoms with Crippen LogP contribution >= 0.6 is 0 Å². The summed E-state index contributed by atoms with van der Waals surface area (Å²) in [5.74, 6) is -1.81. The molecule has 0 bridgehead atoms. The molecule has 1 aliphatic heterocycles. The highest BCUT2D eigenvalue weighted by molar-refractivity contribution is 5.79. The van der Waals surface area contributed by atoms with E-state index in [1.165, 1.54) is 0 Å². The van der Waals surface area contributed by atoms with Crippen LogP contribution in [0.1, 0.15) is 50.4 Å². The van der Waals surface area contributed by atoms with Crippen LogP contribution in [0.4, 0.5) is 13.2 Å². The van der Waals surface area contributed by atoms with Gasteiger partial charge < -0.3 is 9.47 Å². The molecular weight excluding hydrogens is 319 g/mol. The molecule has 0 aromatic carbocycles. The van der Waals surface area contributed by atoms with Crippen molar-refractivity contribution in [2.75, 3.05) is 13.1 Å². The first-order chi connectivity index (χ1) is 11.4. The zero-order valence-electron chi connectivity index (χ0n) is 13.9. The molecule has 1 saturated carbocycles. The number of likely N-dealkylation sites (tertiary alicyclic amines) is 1. The van der Waals surface area contributed by atoms with Gasteiger partial charge in [-0.3, -0.25) is 4.79 Å². The molecule has 3 rings (SSSR count). The van der Waals surface area contributed by atoms with Crippen molar-refractivity contribution in [3.05, 3.63) is 18.2 Å². The summed E-state index contributed by atoms with van der Waals surface area (Å²) < 4.78 is 41.9. The molecule has 2 aliphatic rings. The summed E-state index contributed by atoms with van der Waals surface area (Å²) in [6.45, 7) is 2.95. The second kappa shape index (κ2) is 6.76. The highest BCUT2D eigenvalue weighted by Gasteiger charge is 2.49. The maximum Gasteiger partial charge on any atom is 0.392 e. The van der Waals surface area contributed by atoms with Crippen molar-refractivity contribution in [1.29, 1.82) is 0 Å². The molecule has 2 fully saturated rings. The first-order valence-electron chi connectivity index (χ1n) is 8.73. The number of carbonyl (C=O) groups is 1. The summed E-state index contributed by atoms with van der Waals surface area (Å²) >= 11 is 0. The van der Waals surface area contributed by atoms with Crippen LogP contribution in [-0.4, -0.2) is 39.6 Å². The number of amides is 1. The van der Waals surface area contributed by atoms with Crippen LogP contribution in [0, 0.1) is 18.8 Å². The van der Waals surface area contributed by atoms with E-state index in [2.05, 4.69) is 4.98 Å². The van der Waals surface area contributed by atoms with Gasteiger partial charge in [0.15, 0.2) is 0 Å². The van der Waals surface area contributed by atoms with Crippen LogP contribution in [0.15, 0.2) is 12.4 Å². The SMILES string of the molecule is Cc1nccn1C1CCCN(C(=O)C2CCCCC2C(F)(F)F)C1. The number of halogens is 3. The van der Waals surface area contributed by atoms with E-state index in [1.807, 2.05) is 17.7 Å². The standard InChI is InChI=1S/C17H24F3N3O/c1-12-21-8-10-23(12)13-5-4-9-22(11-13)16(24)14-6-2-3-7-15(14)17(18,19)20/h8,10,13-15H,2-7,9,11H2,1H3. The number of piperidine rings is 1. The number of imidazole rings is 1. The molecule has 1 aromatic heterocycles. The molecule has 0 N–H and O–H groups in total. The molecule has 2 heterocycles. The maximum absolute atomic E-state index is 13.3. The third kappa shape index (κ3) is 3.44. The van der Waals surface area contributed by atoms with Crippen LogP contribution in [-0.2, 0) is 4.79 Å². The number of aromatic nitrogens is 2. The van der Waals surface area contributed by atoms with Crippen molar-refractivity contribution in [3.63, 3.8) is 0 Å². The fourth-order valence-electron chi connectivity index (χ4n) is 4.21. The van der Waals surface area contributed by atoms with Crippen molar-refractivity contribution in [3.8, 4) is 0 Å². The molecule has 134 valence electrons. The third-order valence-corrected chi connectivity index (χ3v) is 5.47. The fourth-order valence-corrected chi connectivity index (χ4v) is 4.21. The highest BCUT2D eigenvalue weighted by Crippen LogP contribution is 2.42. The second-order valence-electron chi connectivity index (χ2n) is 7.00. The van der Waals surface area contributed by atoms with Gasteiger partial charge in [0.2, 0.25) is 5.91 Å². The minimum atomic E-state index is -4.28. The van der Waals surface area contributed by atoms with Crippen LogP contribution < -0.4 is 0 Å². The molecule has 3 unspecified atom stereocenters. The number of alkyl halides is 3. The monoisotopic (exact) mass is 343 g/mol. The number of hydrogen-bond donors (Lipinski definition) is 0. The largest absolute Gasteiger partial charge is 0.392 e. The van der Waals surface area contributed by atoms with Crippen molar-refractivity contribution >= 4 is 5.91 Å². The molecular formula is C17H24F3N3O. The number of nitrogens with zero attached hydrogens (tertiary/aromatic N) is 3. The van der Waals surface area contributed by atoms with Gasteiger partial charge in [0.25, 0.3) is 0 Å². The summed E-state index contributed by atoms with van der Waals surface area (Å²) in [6.07, 6.45) is 2.77. The zero-order chi connectivity index (χ0) is 17.3. The molecule has 1 amide bonds. The number of rotatable bonds is 2. The Labute approximate surface area is 140 Å². The Kier molecular flexibility index (Phi) is 4.88. The van der Waals surface area contributed by atoms with Gasteiger partial charge in [-0.05, 0) is 32.6 Å². The smallest absolute Gasteiger partial charge is 0.340 e. The van der Waals surface area contributed by atoms with Crippen molar-refractivity contribution in [1.82, 2.24) is 14.5 Å². The van der Waals surface area contributed by atoms with Gasteiger partial charge in [-0.1, -0.05) is 12.8 Å². The van der Waals surface area contributed by atoms with Crippen LogP contribution in [0.25, 0.3) is 0 Å².